The zero-order chi connectivity index (χ0) is 14.7. The monoisotopic (exact) mass is 271 g/mol. The molecule has 5 nitrogen and oxygen atoms in total. The molecule has 0 fully saturated rings. The maximum Gasteiger partial charge on any atom is 0.217 e. The average molecular weight is 271 g/mol. The summed E-state index contributed by atoms with van der Waals surface area (Å²) in [6.45, 7) is 5.08. The number of amides is 1. The van der Waals surface area contributed by atoms with E-state index in [0.29, 0.717) is 5.69 Å². The van der Waals surface area contributed by atoms with Crippen molar-refractivity contribution >= 4 is 5.91 Å². The van der Waals surface area contributed by atoms with Gasteiger partial charge in [0.2, 0.25) is 5.91 Å². The summed E-state index contributed by atoms with van der Waals surface area (Å²) in [6.07, 6.45) is 3.20. The average Bonchev–Trinajstić information content (AvgIpc) is 2.40. The summed E-state index contributed by atoms with van der Waals surface area (Å²) in [5.74, 6) is -0.159. The minimum atomic E-state index is -0.374. The number of rotatable bonds is 3. The van der Waals surface area contributed by atoms with Crippen molar-refractivity contribution in [3.8, 4) is 0 Å². The van der Waals surface area contributed by atoms with Crippen molar-refractivity contribution in [3.63, 3.8) is 0 Å². The Morgan fingerprint density at radius 1 is 1.25 bits per heavy atom. The molecule has 0 aromatic carbocycles. The van der Waals surface area contributed by atoms with Crippen LogP contribution >= 0.6 is 0 Å². The van der Waals surface area contributed by atoms with Gasteiger partial charge in [-0.15, -0.1) is 0 Å². The van der Waals surface area contributed by atoms with Crippen LogP contribution in [0.4, 0.5) is 0 Å². The van der Waals surface area contributed by atoms with Crippen LogP contribution in [0, 0.1) is 19.1 Å². The van der Waals surface area contributed by atoms with Crippen LogP contribution < -0.4 is 10.0 Å². The molecular formula is C15H17N3O2. The van der Waals surface area contributed by atoms with Crippen LogP contribution in [0.2, 0.25) is 0 Å². The first-order chi connectivity index (χ1) is 9.47. The van der Waals surface area contributed by atoms with Crippen LogP contribution in [0.5, 0.6) is 0 Å². The summed E-state index contributed by atoms with van der Waals surface area (Å²) < 4.78 is 0.797. The van der Waals surface area contributed by atoms with Crippen LogP contribution in [0.15, 0.2) is 36.7 Å². The molecule has 0 bridgehead atoms. The molecule has 2 rings (SSSR count). The Hall–Kier alpha value is -2.43. The SMILES string of the molecule is CC(=O)N[C@@H](c1ccc(C)nc1)c1ccc(C)[n+]([O-])c1. The van der Waals surface area contributed by atoms with Gasteiger partial charge in [-0.2, -0.15) is 4.73 Å². The molecular weight excluding hydrogens is 254 g/mol. The maximum absolute atomic E-state index is 11.7. The summed E-state index contributed by atoms with van der Waals surface area (Å²) in [4.78, 5) is 15.6. The normalized spacial score (nSPS) is 11.9. The lowest BCUT2D eigenvalue weighted by Crippen LogP contribution is -2.33. The molecule has 2 aromatic rings. The van der Waals surface area contributed by atoms with Crippen LogP contribution in [0.3, 0.4) is 0 Å². The third-order valence-electron chi connectivity index (χ3n) is 3.08. The van der Waals surface area contributed by atoms with Gasteiger partial charge >= 0.3 is 0 Å². The first kappa shape index (κ1) is 14.0. The number of nitrogens with one attached hydrogen (secondary N) is 1. The molecule has 0 unspecified atom stereocenters. The second kappa shape index (κ2) is 5.69. The predicted octanol–water partition coefficient (Wildman–Crippen LogP) is 1.56. The standard InChI is InChI=1S/C15H17N3O2/c1-10-4-6-13(8-16-10)15(17-12(3)19)14-7-5-11(2)18(20)9-14/h4-9,15H,1-3H3,(H,17,19)/t15-/m0/s1. The van der Waals surface area contributed by atoms with Crippen molar-refractivity contribution in [2.45, 2.75) is 26.8 Å². The van der Waals surface area contributed by atoms with Gasteiger partial charge in [0.05, 0.1) is 6.04 Å². The van der Waals surface area contributed by atoms with E-state index in [-0.39, 0.29) is 11.9 Å². The van der Waals surface area contributed by atoms with E-state index in [4.69, 9.17) is 0 Å². The van der Waals surface area contributed by atoms with E-state index >= 15 is 0 Å². The quantitative estimate of drug-likeness (QED) is 0.680. The lowest BCUT2D eigenvalue weighted by Gasteiger charge is -2.18. The molecule has 0 saturated heterocycles. The van der Waals surface area contributed by atoms with Gasteiger partial charge in [-0.05, 0) is 24.6 Å². The van der Waals surface area contributed by atoms with Gasteiger partial charge in [-0.3, -0.25) is 9.78 Å². The molecule has 1 atom stereocenters. The Morgan fingerprint density at radius 2 is 1.95 bits per heavy atom. The summed E-state index contributed by atoms with van der Waals surface area (Å²) in [6, 6.07) is 6.98. The number of carbonyl (C=O) groups excluding carboxylic acids is 1. The van der Waals surface area contributed by atoms with Crippen LogP contribution in [-0.2, 0) is 4.79 Å². The topological polar surface area (TPSA) is 68.9 Å². The number of aromatic nitrogens is 2. The van der Waals surface area contributed by atoms with Crippen LogP contribution in [-0.4, -0.2) is 10.9 Å². The van der Waals surface area contributed by atoms with Gasteiger partial charge in [0.15, 0.2) is 11.9 Å². The van der Waals surface area contributed by atoms with E-state index in [0.717, 1.165) is 21.6 Å². The number of hydrogen-bond acceptors (Lipinski definition) is 3. The third kappa shape index (κ3) is 3.12. The highest BCUT2D eigenvalue weighted by Gasteiger charge is 2.18. The van der Waals surface area contributed by atoms with E-state index in [1.165, 1.54) is 13.1 Å². The van der Waals surface area contributed by atoms with E-state index in [1.54, 1.807) is 19.2 Å². The van der Waals surface area contributed by atoms with Crippen molar-refractivity contribution in [2.75, 3.05) is 0 Å². The Bertz CT molecular complexity index is 624. The van der Waals surface area contributed by atoms with Crippen molar-refractivity contribution in [1.82, 2.24) is 10.3 Å². The summed E-state index contributed by atoms with van der Waals surface area (Å²) >= 11 is 0. The number of carbonyl (C=O) groups is 1. The Labute approximate surface area is 117 Å². The Balaban J connectivity index is 2.43. The van der Waals surface area contributed by atoms with E-state index in [1.807, 2.05) is 25.1 Å². The van der Waals surface area contributed by atoms with Gasteiger partial charge in [-0.25, -0.2) is 0 Å². The molecule has 104 valence electrons. The molecule has 1 N–H and O–H groups in total. The molecule has 0 radical (unpaired) electrons. The van der Waals surface area contributed by atoms with Crippen molar-refractivity contribution in [1.29, 1.82) is 0 Å². The van der Waals surface area contributed by atoms with E-state index in [9.17, 15) is 10.0 Å². The zero-order valence-corrected chi connectivity index (χ0v) is 11.8. The highest BCUT2D eigenvalue weighted by atomic mass is 16.5. The van der Waals surface area contributed by atoms with Gasteiger partial charge in [0, 0.05) is 37.4 Å². The minimum absolute atomic E-state index is 0.159. The highest BCUT2D eigenvalue weighted by Crippen LogP contribution is 2.20. The number of pyridine rings is 2. The molecule has 0 aliphatic rings. The molecule has 5 heteroatoms. The largest absolute Gasteiger partial charge is 0.618 e. The fraction of sp³-hybridized carbons (Fsp3) is 0.267. The minimum Gasteiger partial charge on any atom is -0.618 e. The molecule has 2 heterocycles. The van der Waals surface area contributed by atoms with E-state index < -0.39 is 0 Å². The first-order valence-corrected chi connectivity index (χ1v) is 6.37. The summed E-state index contributed by atoms with van der Waals surface area (Å²) in [5.41, 5.74) is 3.08. The lowest BCUT2D eigenvalue weighted by atomic mass is 10.0. The third-order valence-corrected chi connectivity index (χ3v) is 3.08. The molecule has 0 aliphatic heterocycles. The zero-order valence-electron chi connectivity index (χ0n) is 11.8. The molecule has 0 aliphatic carbocycles. The van der Waals surface area contributed by atoms with Crippen molar-refractivity contribution < 1.29 is 9.52 Å². The molecule has 2 aromatic heterocycles. The molecule has 20 heavy (non-hydrogen) atoms. The fourth-order valence-corrected chi connectivity index (χ4v) is 1.95. The smallest absolute Gasteiger partial charge is 0.217 e. The maximum atomic E-state index is 11.7. The number of hydrogen-bond donors (Lipinski definition) is 1. The highest BCUT2D eigenvalue weighted by molar-refractivity contribution is 5.74. The first-order valence-electron chi connectivity index (χ1n) is 6.37. The number of nitrogens with zero attached hydrogens (tertiary/aromatic N) is 2. The molecule has 0 spiro atoms. The second-order valence-electron chi connectivity index (χ2n) is 4.80. The van der Waals surface area contributed by atoms with Crippen molar-refractivity contribution in [2.24, 2.45) is 0 Å². The summed E-state index contributed by atoms with van der Waals surface area (Å²) in [5, 5.41) is 14.6. The van der Waals surface area contributed by atoms with E-state index in [2.05, 4.69) is 10.3 Å². The predicted molar refractivity (Wildman–Crippen MR) is 74.8 cm³/mol. The van der Waals surface area contributed by atoms with Crippen molar-refractivity contribution in [3.05, 3.63) is 64.4 Å². The Morgan fingerprint density at radius 3 is 2.50 bits per heavy atom. The van der Waals surface area contributed by atoms with Gasteiger partial charge in [-0.1, -0.05) is 6.07 Å². The lowest BCUT2D eigenvalue weighted by molar-refractivity contribution is -0.612. The van der Waals surface area contributed by atoms with Gasteiger partial charge < -0.3 is 10.5 Å². The Kier molecular flexibility index (Phi) is 3.98. The molecule has 0 saturated carbocycles. The fourth-order valence-electron chi connectivity index (χ4n) is 1.95. The van der Waals surface area contributed by atoms with Crippen LogP contribution in [0.1, 0.15) is 35.5 Å². The van der Waals surface area contributed by atoms with Gasteiger partial charge in [0.25, 0.3) is 0 Å². The molecule has 1 amide bonds. The van der Waals surface area contributed by atoms with Gasteiger partial charge in [0.1, 0.15) is 0 Å². The second-order valence-corrected chi connectivity index (χ2v) is 4.80. The number of aryl methyl sites for hydroxylation is 2. The summed E-state index contributed by atoms with van der Waals surface area (Å²) in [7, 11) is 0. The van der Waals surface area contributed by atoms with Crippen LogP contribution in [0.25, 0.3) is 0 Å².